The highest BCUT2D eigenvalue weighted by Gasteiger charge is 2.18. The van der Waals surface area contributed by atoms with Crippen LogP contribution in [-0.2, 0) is 6.61 Å². The van der Waals surface area contributed by atoms with E-state index in [9.17, 15) is 5.11 Å². The topological polar surface area (TPSA) is 36.4 Å². The van der Waals surface area contributed by atoms with Crippen molar-refractivity contribution in [2.75, 3.05) is 18.0 Å². The number of aromatic nitrogens is 1. The van der Waals surface area contributed by atoms with Crippen molar-refractivity contribution in [2.24, 2.45) is 0 Å². The van der Waals surface area contributed by atoms with Gasteiger partial charge < -0.3 is 10.0 Å². The standard InChI is InChI=1S/C16H20N2OS/c19-12-14-15(13-8-4-3-5-9-13)17-16(20-14)18-10-6-1-2-7-11-18/h3-5,8-9,19H,1-2,6-7,10-12H2. The summed E-state index contributed by atoms with van der Waals surface area (Å²) in [5.74, 6) is 0. The molecular formula is C16H20N2OS. The molecule has 1 aromatic carbocycles. The quantitative estimate of drug-likeness (QED) is 0.936. The minimum atomic E-state index is 0.0652. The molecule has 1 N–H and O–H groups in total. The average Bonchev–Trinajstić information content (AvgIpc) is 2.75. The summed E-state index contributed by atoms with van der Waals surface area (Å²) in [7, 11) is 0. The van der Waals surface area contributed by atoms with Crippen molar-refractivity contribution in [2.45, 2.75) is 32.3 Å². The summed E-state index contributed by atoms with van der Waals surface area (Å²) in [5, 5.41) is 10.7. The summed E-state index contributed by atoms with van der Waals surface area (Å²) >= 11 is 1.63. The number of aliphatic hydroxyl groups is 1. The minimum Gasteiger partial charge on any atom is -0.391 e. The molecular weight excluding hydrogens is 268 g/mol. The molecule has 0 amide bonds. The fourth-order valence-electron chi connectivity index (χ4n) is 2.67. The molecule has 0 unspecified atom stereocenters. The van der Waals surface area contributed by atoms with Crippen LogP contribution in [0.15, 0.2) is 30.3 Å². The zero-order valence-corrected chi connectivity index (χ0v) is 12.4. The maximum absolute atomic E-state index is 9.60. The Morgan fingerprint density at radius 1 is 1.05 bits per heavy atom. The predicted octanol–water partition coefficient (Wildman–Crippen LogP) is 3.68. The molecule has 3 rings (SSSR count). The first-order valence-electron chi connectivity index (χ1n) is 7.29. The van der Waals surface area contributed by atoms with Crippen LogP contribution >= 0.6 is 11.3 Å². The van der Waals surface area contributed by atoms with Gasteiger partial charge >= 0.3 is 0 Å². The lowest BCUT2D eigenvalue weighted by Crippen LogP contribution is -2.23. The molecule has 0 bridgehead atoms. The lowest BCUT2D eigenvalue weighted by molar-refractivity contribution is 0.286. The molecule has 0 aliphatic carbocycles. The maximum atomic E-state index is 9.60. The van der Waals surface area contributed by atoms with Crippen molar-refractivity contribution in [1.29, 1.82) is 0 Å². The summed E-state index contributed by atoms with van der Waals surface area (Å²) in [6.45, 7) is 2.24. The Morgan fingerprint density at radius 3 is 2.40 bits per heavy atom. The molecule has 106 valence electrons. The number of thiazole rings is 1. The van der Waals surface area contributed by atoms with Crippen molar-refractivity contribution in [1.82, 2.24) is 4.98 Å². The van der Waals surface area contributed by atoms with Crippen LogP contribution in [0.2, 0.25) is 0 Å². The molecule has 1 aliphatic heterocycles. The van der Waals surface area contributed by atoms with Gasteiger partial charge in [0, 0.05) is 18.7 Å². The molecule has 0 atom stereocenters. The monoisotopic (exact) mass is 288 g/mol. The van der Waals surface area contributed by atoms with E-state index in [-0.39, 0.29) is 6.61 Å². The van der Waals surface area contributed by atoms with Crippen LogP contribution < -0.4 is 4.90 Å². The summed E-state index contributed by atoms with van der Waals surface area (Å²) in [6.07, 6.45) is 5.13. The third kappa shape index (κ3) is 2.86. The van der Waals surface area contributed by atoms with Gasteiger partial charge in [-0.25, -0.2) is 4.98 Å². The third-order valence-electron chi connectivity index (χ3n) is 3.75. The number of nitrogens with zero attached hydrogens (tertiary/aromatic N) is 2. The summed E-state index contributed by atoms with van der Waals surface area (Å²) < 4.78 is 0. The first-order valence-corrected chi connectivity index (χ1v) is 8.11. The van der Waals surface area contributed by atoms with Crippen molar-refractivity contribution < 1.29 is 5.11 Å². The molecule has 1 aliphatic rings. The van der Waals surface area contributed by atoms with Gasteiger partial charge in [-0.2, -0.15) is 0 Å². The third-order valence-corrected chi connectivity index (χ3v) is 4.85. The van der Waals surface area contributed by atoms with E-state index < -0.39 is 0 Å². The Morgan fingerprint density at radius 2 is 1.75 bits per heavy atom. The van der Waals surface area contributed by atoms with Crippen molar-refractivity contribution in [3.8, 4) is 11.3 Å². The fourth-order valence-corrected chi connectivity index (χ4v) is 3.66. The van der Waals surface area contributed by atoms with Gasteiger partial charge in [0.05, 0.1) is 17.2 Å². The van der Waals surface area contributed by atoms with E-state index in [1.807, 2.05) is 18.2 Å². The van der Waals surface area contributed by atoms with Crippen molar-refractivity contribution in [3.05, 3.63) is 35.2 Å². The van der Waals surface area contributed by atoms with Crippen LogP contribution in [0, 0.1) is 0 Å². The van der Waals surface area contributed by atoms with Gasteiger partial charge in [0.2, 0.25) is 0 Å². The molecule has 1 aromatic heterocycles. The molecule has 20 heavy (non-hydrogen) atoms. The molecule has 0 spiro atoms. The van der Waals surface area contributed by atoms with Gasteiger partial charge in [-0.05, 0) is 12.8 Å². The van der Waals surface area contributed by atoms with Gasteiger partial charge in [-0.1, -0.05) is 54.5 Å². The smallest absolute Gasteiger partial charge is 0.186 e. The summed E-state index contributed by atoms with van der Waals surface area (Å²) in [6, 6.07) is 10.1. The lowest BCUT2D eigenvalue weighted by Gasteiger charge is -2.18. The predicted molar refractivity (Wildman–Crippen MR) is 84.2 cm³/mol. The minimum absolute atomic E-state index is 0.0652. The Labute approximate surface area is 123 Å². The molecule has 0 saturated carbocycles. The van der Waals surface area contributed by atoms with Gasteiger partial charge in [-0.15, -0.1) is 0 Å². The second-order valence-electron chi connectivity index (χ2n) is 5.19. The molecule has 0 radical (unpaired) electrons. The Kier molecular flexibility index (Phi) is 4.33. The van der Waals surface area contributed by atoms with E-state index in [1.54, 1.807) is 11.3 Å². The molecule has 3 nitrogen and oxygen atoms in total. The van der Waals surface area contributed by atoms with E-state index in [0.29, 0.717) is 0 Å². The van der Waals surface area contributed by atoms with Crippen molar-refractivity contribution in [3.63, 3.8) is 0 Å². The van der Waals surface area contributed by atoms with E-state index in [1.165, 1.54) is 25.7 Å². The number of rotatable bonds is 3. The van der Waals surface area contributed by atoms with Crippen LogP contribution in [0.4, 0.5) is 5.13 Å². The van der Waals surface area contributed by atoms with E-state index in [2.05, 4.69) is 17.0 Å². The highest BCUT2D eigenvalue weighted by atomic mass is 32.1. The molecule has 2 aromatic rings. The number of anilines is 1. The second kappa shape index (κ2) is 6.37. The van der Waals surface area contributed by atoms with Crippen LogP contribution in [0.5, 0.6) is 0 Å². The highest BCUT2D eigenvalue weighted by molar-refractivity contribution is 7.16. The van der Waals surface area contributed by atoms with Gasteiger partial charge in [0.15, 0.2) is 5.13 Å². The summed E-state index contributed by atoms with van der Waals surface area (Å²) in [5.41, 5.74) is 2.03. The SMILES string of the molecule is OCc1sc(N2CCCCCC2)nc1-c1ccccc1. The average molecular weight is 288 g/mol. The van der Waals surface area contributed by atoms with Crippen LogP contribution in [-0.4, -0.2) is 23.2 Å². The Hall–Kier alpha value is -1.39. The second-order valence-corrected chi connectivity index (χ2v) is 6.26. The first-order chi connectivity index (χ1) is 9.88. The van der Waals surface area contributed by atoms with E-state index >= 15 is 0 Å². The van der Waals surface area contributed by atoms with Gasteiger partial charge in [0.25, 0.3) is 0 Å². The fraction of sp³-hybridized carbons (Fsp3) is 0.438. The number of benzene rings is 1. The number of hydrogen-bond acceptors (Lipinski definition) is 4. The van der Waals surface area contributed by atoms with E-state index in [0.717, 1.165) is 34.4 Å². The normalized spacial score (nSPS) is 16.1. The number of aliphatic hydroxyl groups excluding tert-OH is 1. The maximum Gasteiger partial charge on any atom is 0.186 e. The van der Waals surface area contributed by atoms with E-state index in [4.69, 9.17) is 4.98 Å². The molecule has 1 fully saturated rings. The lowest BCUT2D eigenvalue weighted by atomic mass is 10.1. The highest BCUT2D eigenvalue weighted by Crippen LogP contribution is 2.34. The van der Waals surface area contributed by atoms with Crippen LogP contribution in [0.25, 0.3) is 11.3 Å². The van der Waals surface area contributed by atoms with Crippen molar-refractivity contribution >= 4 is 16.5 Å². The largest absolute Gasteiger partial charge is 0.391 e. The van der Waals surface area contributed by atoms with Crippen LogP contribution in [0.1, 0.15) is 30.6 Å². The van der Waals surface area contributed by atoms with Crippen LogP contribution in [0.3, 0.4) is 0 Å². The Bertz CT molecular complexity index is 545. The zero-order valence-electron chi connectivity index (χ0n) is 11.6. The zero-order chi connectivity index (χ0) is 13.8. The Balaban J connectivity index is 1.92. The van der Waals surface area contributed by atoms with Gasteiger partial charge in [0.1, 0.15) is 0 Å². The molecule has 4 heteroatoms. The number of hydrogen-bond donors (Lipinski definition) is 1. The first kappa shape index (κ1) is 13.6. The van der Waals surface area contributed by atoms with Gasteiger partial charge in [-0.3, -0.25) is 0 Å². The summed E-state index contributed by atoms with van der Waals surface area (Å²) in [4.78, 5) is 8.15. The molecule has 1 saturated heterocycles. The molecule has 2 heterocycles.